The van der Waals surface area contributed by atoms with Crippen LogP contribution in [0.3, 0.4) is 0 Å². The van der Waals surface area contributed by atoms with Gasteiger partial charge in [0.15, 0.2) is 0 Å². The molecule has 0 bridgehead atoms. The first kappa shape index (κ1) is 18.2. The lowest BCUT2D eigenvalue weighted by Crippen LogP contribution is -2.54. The molecule has 5 rings (SSSR count). The van der Waals surface area contributed by atoms with E-state index in [-0.39, 0.29) is 17.9 Å². The van der Waals surface area contributed by atoms with Crippen molar-refractivity contribution in [2.75, 3.05) is 19.0 Å². The minimum absolute atomic E-state index is 0.0610. The molecule has 2 aromatic carbocycles. The van der Waals surface area contributed by atoms with Crippen molar-refractivity contribution in [3.8, 4) is 5.75 Å². The second kappa shape index (κ2) is 6.88. The van der Waals surface area contributed by atoms with E-state index in [0.717, 1.165) is 42.0 Å². The standard InChI is InChI=1S/C23H25N3O3/c1-29-17-8-4-6-15(12-17)14-24-21(27)19-13-16-7-5-11-26(16)23(19)18-9-2-3-10-20(18)25-22(23)28/h2-4,6,8-10,12,16,19H,5,7,11,13-14H2,1H3,(H,24,27)(H,25,28)/t16-,19-,23+/m1/s1. The Kier molecular flexibility index (Phi) is 4.32. The molecule has 3 aliphatic heterocycles. The van der Waals surface area contributed by atoms with Crippen LogP contribution in [-0.2, 0) is 21.7 Å². The number of rotatable bonds is 4. The minimum Gasteiger partial charge on any atom is -0.497 e. The molecule has 1 spiro atoms. The number of hydrogen-bond acceptors (Lipinski definition) is 4. The van der Waals surface area contributed by atoms with Gasteiger partial charge in [-0.1, -0.05) is 30.3 Å². The molecule has 3 aliphatic rings. The number of anilines is 1. The Balaban J connectivity index is 1.46. The van der Waals surface area contributed by atoms with Crippen molar-refractivity contribution in [3.05, 3.63) is 59.7 Å². The van der Waals surface area contributed by atoms with Crippen LogP contribution in [0.4, 0.5) is 5.69 Å². The van der Waals surface area contributed by atoms with E-state index >= 15 is 0 Å². The van der Waals surface area contributed by atoms with E-state index in [1.54, 1.807) is 7.11 Å². The van der Waals surface area contributed by atoms with Gasteiger partial charge in [0, 0.05) is 23.8 Å². The summed E-state index contributed by atoms with van der Waals surface area (Å²) in [6, 6.07) is 15.7. The average molecular weight is 391 g/mol. The third-order valence-corrected chi connectivity index (χ3v) is 6.69. The Bertz CT molecular complexity index is 975. The molecule has 0 aliphatic carbocycles. The SMILES string of the molecule is COc1cccc(CNC(=O)[C@H]2C[C@H]3CCCN3[C@]23C(=O)Nc2ccccc23)c1. The van der Waals surface area contributed by atoms with Crippen molar-refractivity contribution in [3.63, 3.8) is 0 Å². The number of nitrogens with zero attached hydrogens (tertiary/aromatic N) is 1. The quantitative estimate of drug-likeness (QED) is 0.841. The van der Waals surface area contributed by atoms with Crippen LogP contribution in [0, 0.1) is 5.92 Å². The second-order valence-corrected chi connectivity index (χ2v) is 8.11. The van der Waals surface area contributed by atoms with Crippen molar-refractivity contribution >= 4 is 17.5 Å². The van der Waals surface area contributed by atoms with Gasteiger partial charge in [-0.15, -0.1) is 0 Å². The van der Waals surface area contributed by atoms with Crippen LogP contribution < -0.4 is 15.4 Å². The van der Waals surface area contributed by atoms with Crippen LogP contribution >= 0.6 is 0 Å². The molecule has 0 aromatic heterocycles. The molecular formula is C23H25N3O3. The molecule has 0 unspecified atom stereocenters. The summed E-state index contributed by atoms with van der Waals surface area (Å²) in [7, 11) is 1.63. The highest BCUT2D eigenvalue weighted by Crippen LogP contribution is 2.55. The van der Waals surface area contributed by atoms with Crippen LogP contribution in [0.1, 0.15) is 30.4 Å². The fourth-order valence-corrected chi connectivity index (χ4v) is 5.47. The molecule has 6 heteroatoms. The van der Waals surface area contributed by atoms with Gasteiger partial charge < -0.3 is 15.4 Å². The first-order valence-corrected chi connectivity index (χ1v) is 10.2. The lowest BCUT2D eigenvalue weighted by Gasteiger charge is -2.36. The fourth-order valence-electron chi connectivity index (χ4n) is 5.47. The third kappa shape index (κ3) is 2.66. The number of nitrogens with one attached hydrogen (secondary N) is 2. The summed E-state index contributed by atoms with van der Waals surface area (Å²) in [5.41, 5.74) is 1.85. The first-order valence-electron chi connectivity index (χ1n) is 10.2. The maximum atomic E-state index is 13.4. The number of fused-ring (bicyclic) bond motifs is 4. The summed E-state index contributed by atoms with van der Waals surface area (Å²) in [6.45, 7) is 1.27. The number of methoxy groups -OCH3 is 1. The predicted molar refractivity (Wildman–Crippen MR) is 109 cm³/mol. The lowest BCUT2D eigenvalue weighted by atomic mass is 9.78. The van der Waals surface area contributed by atoms with Crippen molar-refractivity contribution < 1.29 is 14.3 Å². The van der Waals surface area contributed by atoms with Crippen molar-refractivity contribution in [2.45, 2.75) is 37.4 Å². The zero-order chi connectivity index (χ0) is 20.0. The summed E-state index contributed by atoms with van der Waals surface area (Å²) in [4.78, 5) is 29.0. The number of para-hydroxylation sites is 1. The van der Waals surface area contributed by atoms with Crippen LogP contribution in [0.2, 0.25) is 0 Å². The molecule has 2 fully saturated rings. The molecule has 3 heterocycles. The van der Waals surface area contributed by atoms with Crippen LogP contribution in [-0.4, -0.2) is 36.4 Å². The molecule has 2 saturated heterocycles. The smallest absolute Gasteiger partial charge is 0.250 e. The van der Waals surface area contributed by atoms with Crippen molar-refractivity contribution in [2.24, 2.45) is 5.92 Å². The van der Waals surface area contributed by atoms with Crippen LogP contribution in [0.15, 0.2) is 48.5 Å². The highest BCUT2D eigenvalue weighted by atomic mass is 16.5. The van der Waals surface area contributed by atoms with Crippen molar-refractivity contribution in [1.29, 1.82) is 0 Å². The van der Waals surface area contributed by atoms with Gasteiger partial charge in [-0.25, -0.2) is 0 Å². The zero-order valence-corrected chi connectivity index (χ0v) is 16.5. The van der Waals surface area contributed by atoms with E-state index in [1.807, 2.05) is 48.5 Å². The number of carbonyl (C=O) groups is 2. The van der Waals surface area contributed by atoms with Crippen molar-refractivity contribution in [1.82, 2.24) is 10.2 Å². The average Bonchev–Trinajstić information content (AvgIpc) is 3.41. The molecular weight excluding hydrogens is 366 g/mol. The molecule has 0 radical (unpaired) electrons. The molecule has 2 aromatic rings. The molecule has 2 N–H and O–H groups in total. The number of hydrogen-bond donors (Lipinski definition) is 2. The molecule has 3 atom stereocenters. The van der Waals surface area contributed by atoms with Gasteiger partial charge in [-0.2, -0.15) is 0 Å². The van der Waals surface area contributed by atoms with Gasteiger partial charge in [-0.05, 0) is 49.6 Å². The molecule has 0 saturated carbocycles. The number of carbonyl (C=O) groups excluding carboxylic acids is 2. The van der Waals surface area contributed by atoms with Gasteiger partial charge in [0.1, 0.15) is 11.3 Å². The van der Waals surface area contributed by atoms with Crippen LogP contribution in [0.5, 0.6) is 5.75 Å². The van der Waals surface area contributed by atoms with E-state index in [0.29, 0.717) is 13.0 Å². The topological polar surface area (TPSA) is 70.7 Å². The van der Waals surface area contributed by atoms with E-state index in [2.05, 4.69) is 15.5 Å². The third-order valence-electron chi connectivity index (χ3n) is 6.69. The van der Waals surface area contributed by atoms with Gasteiger partial charge in [-0.3, -0.25) is 14.5 Å². The summed E-state index contributed by atoms with van der Waals surface area (Å²) in [6.07, 6.45) is 2.82. The number of benzene rings is 2. The highest BCUT2D eigenvalue weighted by Gasteiger charge is 2.65. The highest BCUT2D eigenvalue weighted by molar-refractivity contribution is 6.09. The van der Waals surface area contributed by atoms with E-state index in [4.69, 9.17) is 4.74 Å². The monoisotopic (exact) mass is 391 g/mol. The molecule has 2 amide bonds. The van der Waals surface area contributed by atoms with Gasteiger partial charge in [0.05, 0.1) is 13.0 Å². The summed E-state index contributed by atoms with van der Waals surface area (Å²) in [5, 5.41) is 6.12. The minimum atomic E-state index is -0.893. The fraction of sp³-hybridized carbons (Fsp3) is 0.391. The van der Waals surface area contributed by atoms with E-state index in [9.17, 15) is 9.59 Å². The molecule has 6 nitrogen and oxygen atoms in total. The largest absolute Gasteiger partial charge is 0.497 e. The second-order valence-electron chi connectivity index (χ2n) is 8.11. The summed E-state index contributed by atoms with van der Waals surface area (Å²) < 4.78 is 5.27. The van der Waals surface area contributed by atoms with Gasteiger partial charge in [0.25, 0.3) is 0 Å². The Labute approximate surface area is 170 Å². The number of amides is 2. The Morgan fingerprint density at radius 3 is 3.00 bits per heavy atom. The molecule has 29 heavy (non-hydrogen) atoms. The van der Waals surface area contributed by atoms with E-state index in [1.165, 1.54) is 0 Å². The maximum Gasteiger partial charge on any atom is 0.250 e. The van der Waals surface area contributed by atoms with E-state index < -0.39 is 11.5 Å². The predicted octanol–water partition coefficient (Wildman–Crippen LogP) is 2.64. The summed E-state index contributed by atoms with van der Waals surface area (Å²) in [5.74, 6) is 0.236. The first-order chi connectivity index (χ1) is 14.1. The number of ether oxygens (including phenoxy) is 1. The Hall–Kier alpha value is -2.86. The molecule has 150 valence electrons. The van der Waals surface area contributed by atoms with Gasteiger partial charge in [0.2, 0.25) is 11.8 Å². The Morgan fingerprint density at radius 2 is 2.14 bits per heavy atom. The lowest BCUT2D eigenvalue weighted by molar-refractivity contribution is -0.137. The van der Waals surface area contributed by atoms with Crippen LogP contribution in [0.25, 0.3) is 0 Å². The van der Waals surface area contributed by atoms with Gasteiger partial charge >= 0.3 is 0 Å². The normalized spacial score (nSPS) is 27.6. The maximum absolute atomic E-state index is 13.4. The summed E-state index contributed by atoms with van der Waals surface area (Å²) >= 11 is 0. The zero-order valence-electron chi connectivity index (χ0n) is 16.5. The Morgan fingerprint density at radius 1 is 1.28 bits per heavy atom.